The molecule has 0 spiro atoms. The Balaban J connectivity index is 2.25. The van der Waals surface area contributed by atoms with Crippen LogP contribution in [-0.2, 0) is 22.0 Å². The monoisotopic (exact) mass is 195 g/mol. The molecule has 1 aliphatic rings. The molecule has 14 heavy (non-hydrogen) atoms. The van der Waals surface area contributed by atoms with Crippen LogP contribution in [0.5, 0.6) is 0 Å². The van der Waals surface area contributed by atoms with Crippen molar-refractivity contribution in [2.24, 2.45) is 7.05 Å². The van der Waals surface area contributed by atoms with Crippen LogP contribution in [0.1, 0.15) is 25.6 Å². The van der Waals surface area contributed by atoms with Crippen LogP contribution in [0.2, 0.25) is 0 Å². The number of hydrogen-bond acceptors (Lipinski definition) is 4. The normalized spacial score (nSPS) is 17.9. The minimum atomic E-state index is -0.499. The predicted molar refractivity (Wildman–Crippen MR) is 48.5 cm³/mol. The van der Waals surface area contributed by atoms with Gasteiger partial charge in [0.1, 0.15) is 17.6 Å². The summed E-state index contributed by atoms with van der Waals surface area (Å²) in [6, 6.07) is 0. The highest BCUT2D eigenvalue weighted by Crippen LogP contribution is 2.47. The Kier molecular flexibility index (Phi) is 2.02. The summed E-state index contributed by atoms with van der Waals surface area (Å²) < 4.78 is 6.67. The van der Waals surface area contributed by atoms with Crippen molar-refractivity contribution in [1.82, 2.24) is 14.8 Å². The zero-order valence-corrected chi connectivity index (χ0v) is 8.36. The minimum absolute atomic E-state index is 0.170. The second kappa shape index (κ2) is 3.08. The van der Waals surface area contributed by atoms with Gasteiger partial charge in [-0.15, -0.1) is 0 Å². The van der Waals surface area contributed by atoms with Crippen LogP contribution >= 0.6 is 0 Å². The van der Waals surface area contributed by atoms with Gasteiger partial charge in [-0.25, -0.2) is 4.98 Å². The van der Waals surface area contributed by atoms with Crippen LogP contribution in [0.4, 0.5) is 0 Å². The topological polar surface area (TPSA) is 57.0 Å². The molecule has 1 aromatic rings. The molecule has 0 atom stereocenters. The zero-order chi connectivity index (χ0) is 10.2. The molecule has 0 radical (unpaired) electrons. The molecule has 0 bridgehead atoms. The first-order valence-electron chi connectivity index (χ1n) is 4.72. The Hall–Kier alpha value is -1.39. The predicted octanol–water partition coefficient (Wildman–Crippen LogP) is 0.410. The van der Waals surface area contributed by atoms with E-state index < -0.39 is 5.41 Å². The van der Waals surface area contributed by atoms with E-state index in [1.54, 1.807) is 11.7 Å². The van der Waals surface area contributed by atoms with E-state index in [4.69, 9.17) is 4.74 Å². The minimum Gasteiger partial charge on any atom is -0.465 e. The summed E-state index contributed by atoms with van der Waals surface area (Å²) in [5.41, 5.74) is -0.499. The van der Waals surface area contributed by atoms with Gasteiger partial charge in [-0.2, -0.15) is 5.10 Å². The number of nitrogens with zero attached hydrogens (tertiary/aromatic N) is 3. The van der Waals surface area contributed by atoms with Crippen molar-refractivity contribution in [1.29, 1.82) is 0 Å². The van der Waals surface area contributed by atoms with Crippen molar-refractivity contribution >= 4 is 5.97 Å². The van der Waals surface area contributed by atoms with E-state index in [2.05, 4.69) is 10.1 Å². The summed E-state index contributed by atoms with van der Waals surface area (Å²) in [7, 11) is 1.79. The maximum absolute atomic E-state index is 11.7. The lowest BCUT2D eigenvalue weighted by Gasteiger charge is -2.12. The summed E-state index contributed by atoms with van der Waals surface area (Å²) >= 11 is 0. The molecule has 1 saturated carbocycles. The summed E-state index contributed by atoms with van der Waals surface area (Å²) in [4.78, 5) is 15.8. The van der Waals surface area contributed by atoms with Crippen LogP contribution in [0.3, 0.4) is 0 Å². The summed E-state index contributed by atoms with van der Waals surface area (Å²) in [6.45, 7) is 2.23. The standard InChI is InChI=1S/C9H13N3O2/c1-3-14-8(13)9(4-5-9)7-10-6-11-12(7)2/h6H,3-5H2,1-2H3. The quantitative estimate of drug-likeness (QED) is 0.655. The van der Waals surface area contributed by atoms with E-state index in [0.29, 0.717) is 6.61 Å². The molecule has 0 saturated heterocycles. The highest BCUT2D eigenvalue weighted by atomic mass is 16.5. The highest BCUT2D eigenvalue weighted by molar-refractivity contribution is 5.85. The number of ether oxygens (including phenoxy) is 1. The lowest BCUT2D eigenvalue weighted by atomic mass is 10.1. The molecule has 5 heteroatoms. The number of carbonyl (C=O) groups excluding carboxylic acids is 1. The molecule has 0 unspecified atom stereocenters. The summed E-state index contributed by atoms with van der Waals surface area (Å²) in [5.74, 6) is 0.548. The molecule has 1 fully saturated rings. The molecule has 1 aliphatic carbocycles. The number of aryl methyl sites for hydroxylation is 1. The summed E-state index contributed by atoms with van der Waals surface area (Å²) in [6.07, 6.45) is 3.10. The third-order valence-corrected chi connectivity index (χ3v) is 2.56. The molecule has 0 aromatic carbocycles. The number of aromatic nitrogens is 3. The fourth-order valence-corrected chi connectivity index (χ4v) is 1.64. The highest BCUT2D eigenvalue weighted by Gasteiger charge is 2.56. The van der Waals surface area contributed by atoms with Gasteiger partial charge in [-0.05, 0) is 19.8 Å². The molecule has 0 N–H and O–H groups in total. The molecule has 0 amide bonds. The third kappa shape index (κ3) is 1.20. The van der Waals surface area contributed by atoms with E-state index in [1.165, 1.54) is 6.33 Å². The van der Waals surface area contributed by atoms with Crippen molar-refractivity contribution in [2.75, 3.05) is 6.61 Å². The Morgan fingerprint density at radius 1 is 1.71 bits per heavy atom. The van der Waals surface area contributed by atoms with Gasteiger partial charge in [0.2, 0.25) is 0 Å². The first-order valence-corrected chi connectivity index (χ1v) is 4.72. The number of esters is 1. The number of rotatable bonds is 3. The average molecular weight is 195 g/mol. The second-order valence-electron chi connectivity index (χ2n) is 3.51. The third-order valence-electron chi connectivity index (χ3n) is 2.56. The Labute approximate surface area is 82.1 Å². The van der Waals surface area contributed by atoms with Gasteiger partial charge >= 0.3 is 5.97 Å². The molecule has 5 nitrogen and oxygen atoms in total. The van der Waals surface area contributed by atoms with Gasteiger partial charge in [0.15, 0.2) is 0 Å². The molecular formula is C9H13N3O2. The van der Waals surface area contributed by atoms with Crippen molar-refractivity contribution < 1.29 is 9.53 Å². The van der Waals surface area contributed by atoms with E-state index >= 15 is 0 Å². The Bertz CT molecular complexity index is 355. The van der Waals surface area contributed by atoms with Gasteiger partial charge in [-0.3, -0.25) is 9.48 Å². The van der Waals surface area contributed by atoms with Crippen molar-refractivity contribution in [3.63, 3.8) is 0 Å². The largest absolute Gasteiger partial charge is 0.465 e. The van der Waals surface area contributed by atoms with E-state index in [9.17, 15) is 4.79 Å². The van der Waals surface area contributed by atoms with Crippen LogP contribution in [-0.4, -0.2) is 27.3 Å². The fourth-order valence-electron chi connectivity index (χ4n) is 1.64. The smallest absolute Gasteiger partial charge is 0.319 e. The molecule has 1 heterocycles. The van der Waals surface area contributed by atoms with Crippen LogP contribution in [0.25, 0.3) is 0 Å². The van der Waals surface area contributed by atoms with Gasteiger partial charge in [-0.1, -0.05) is 0 Å². The average Bonchev–Trinajstić information content (AvgIpc) is 2.85. The van der Waals surface area contributed by atoms with Gasteiger partial charge in [0, 0.05) is 7.05 Å². The molecule has 76 valence electrons. The van der Waals surface area contributed by atoms with Crippen molar-refractivity contribution in [3.05, 3.63) is 12.2 Å². The first-order chi connectivity index (χ1) is 6.70. The van der Waals surface area contributed by atoms with Crippen LogP contribution in [0.15, 0.2) is 6.33 Å². The lowest BCUT2D eigenvalue weighted by Crippen LogP contribution is -2.26. The fraction of sp³-hybridized carbons (Fsp3) is 0.667. The number of hydrogen-bond donors (Lipinski definition) is 0. The SMILES string of the molecule is CCOC(=O)C1(c2ncnn2C)CC1. The van der Waals surface area contributed by atoms with Crippen LogP contribution in [0, 0.1) is 0 Å². The first kappa shape index (κ1) is 9.18. The lowest BCUT2D eigenvalue weighted by molar-refractivity contribution is -0.146. The van der Waals surface area contributed by atoms with Crippen molar-refractivity contribution in [3.8, 4) is 0 Å². The summed E-state index contributed by atoms with van der Waals surface area (Å²) in [5, 5.41) is 3.96. The zero-order valence-electron chi connectivity index (χ0n) is 8.36. The van der Waals surface area contributed by atoms with Gasteiger partial charge < -0.3 is 4.74 Å². The Morgan fingerprint density at radius 2 is 2.43 bits per heavy atom. The number of carbonyl (C=O) groups is 1. The Morgan fingerprint density at radius 3 is 2.86 bits per heavy atom. The van der Waals surface area contributed by atoms with Crippen LogP contribution < -0.4 is 0 Å². The molecule has 2 rings (SSSR count). The van der Waals surface area contributed by atoms with Gasteiger partial charge in [0.05, 0.1) is 6.61 Å². The maximum atomic E-state index is 11.7. The van der Waals surface area contributed by atoms with Gasteiger partial charge in [0.25, 0.3) is 0 Å². The molecule has 0 aliphatic heterocycles. The van der Waals surface area contributed by atoms with E-state index in [1.807, 2.05) is 6.92 Å². The maximum Gasteiger partial charge on any atom is 0.319 e. The van der Waals surface area contributed by atoms with Crippen molar-refractivity contribution in [2.45, 2.75) is 25.2 Å². The van der Waals surface area contributed by atoms with E-state index in [-0.39, 0.29) is 5.97 Å². The van der Waals surface area contributed by atoms with E-state index in [0.717, 1.165) is 18.7 Å². The second-order valence-corrected chi connectivity index (χ2v) is 3.51. The molecular weight excluding hydrogens is 182 g/mol. The molecule has 1 aromatic heterocycles.